The summed E-state index contributed by atoms with van der Waals surface area (Å²) in [6.07, 6.45) is 0.693. The fourth-order valence-electron chi connectivity index (χ4n) is 2.06. The van der Waals surface area contributed by atoms with Crippen LogP contribution in [0.1, 0.15) is 30.6 Å². The number of fused-ring (bicyclic) bond motifs is 1. The van der Waals surface area contributed by atoms with E-state index in [9.17, 15) is 23.2 Å². The van der Waals surface area contributed by atoms with E-state index in [2.05, 4.69) is 5.32 Å². The van der Waals surface area contributed by atoms with Crippen LogP contribution < -0.4 is 10.2 Å². The number of ketones is 1. The smallest absolute Gasteiger partial charge is 0.300 e. The minimum absolute atomic E-state index is 0.102. The van der Waals surface area contributed by atoms with Gasteiger partial charge < -0.3 is 5.32 Å². The molecule has 1 aliphatic rings. The van der Waals surface area contributed by atoms with Crippen LogP contribution in [0.4, 0.5) is 14.5 Å². The SMILES string of the molecule is CCC(C)NC(=O)CN1C(=O)C(=O)c2c(F)cc(F)cc21. The predicted molar refractivity (Wildman–Crippen MR) is 70.9 cm³/mol. The minimum Gasteiger partial charge on any atom is -0.352 e. The minimum atomic E-state index is -1.10. The molecule has 0 aromatic heterocycles. The van der Waals surface area contributed by atoms with Crippen molar-refractivity contribution in [2.24, 2.45) is 0 Å². The number of hydrogen-bond donors (Lipinski definition) is 1. The standard InChI is InChI=1S/C14H14F2N2O3/c1-3-7(2)17-11(19)6-18-10-5-8(15)4-9(16)12(10)13(20)14(18)21/h4-5,7H,3,6H2,1-2H3,(H,17,19). The average Bonchev–Trinajstić information content (AvgIpc) is 2.63. The first-order valence-corrected chi connectivity index (χ1v) is 6.49. The van der Waals surface area contributed by atoms with E-state index in [0.29, 0.717) is 12.5 Å². The Morgan fingerprint density at radius 3 is 2.62 bits per heavy atom. The quantitative estimate of drug-likeness (QED) is 0.854. The summed E-state index contributed by atoms with van der Waals surface area (Å²) in [7, 11) is 0. The lowest BCUT2D eigenvalue weighted by Crippen LogP contribution is -2.42. The summed E-state index contributed by atoms with van der Waals surface area (Å²) in [5, 5.41) is 2.62. The summed E-state index contributed by atoms with van der Waals surface area (Å²) in [5.74, 6) is -4.62. The molecule has 0 radical (unpaired) electrons. The lowest BCUT2D eigenvalue weighted by Gasteiger charge is -2.18. The van der Waals surface area contributed by atoms with Crippen molar-refractivity contribution in [1.82, 2.24) is 5.32 Å². The largest absolute Gasteiger partial charge is 0.352 e. The molecule has 0 bridgehead atoms. The van der Waals surface area contributed by atoms with E-state index < -0.39 is 41.3 Å². The maximum atomic E-state index is 13.6. The van der Waals surface area contributed by atoms with E-state index in [-0.39, 0.29) is 11.7 Å². The molecule has 1 aromatic rings. The molecule has 1 heterocycles. The Morgan fingerprint density at radius 2 is 2.00 bits per heavy atom. The van der Waals surface area contributed by atoms with Crippen LogP contribution in [0.3, 0.4) is 0 Å². The van der Waals surface area contributed by atoms with Crippen molar-refractivity contribution >= 4 is 23.3 Å². The van der Waals surface area contributed by atoms with Gasteiger partial charge in [0.25, 0.3) is 11.7 Å². The van der Waals surface area contributed by atoms with Gasteiger partial charge in [-0.3, -0.25) is 19.3 Å². The maximum Gasteiger partial charge on any atom is 0.300 e. The molecular weight excluding hydrogens is 282 g/mol. The average molecular weight is 296 g/mol. The van der Waals surface area contributed by atoms with Gasteiger partial charge in [0.2, 0.25) is 5.91 Å². The lowest BCUT2D eigenvalue weighted by atomic mass is 10.1. The number of nitrogens with one attached hydrogen (secondary N) is 1. The summed E-state index contributed by atoms with van der Waals surface area (Å²) in [6, 6.07) is 1.31. The monoisotopic (exact) mass is 296 g/mol. The summed E-state index contributed by atoms with van der Waals surface area (Å²) < 4.78 is 26.9. The summed E-state index contributed by atoms with van der Waals surface area (Å²) in [5.41, 5.74) is -0.695. The first-order chi connectivity index (χ1) is 9.85. The van der Waals surface area contributed by atoms with Crippen LogP contribution in [0.15, 0.2) is 12.1 Å². The normalized spacial score (nSPS) is 15.1. The molecule has 1 unspecified atom stereocenters. The number of benzene rings is 1. The molecule has 1 aliphatic heterocycles. The maximum absolute atomic E-state index is 13.6. The number of rotatable bonds is 4. The number of amides is 2. The molecule has 2 rings (SSSR count). The molecule has 1 atom stereocenters. The van der Waals surface area contributed by atoms with Crippen LogP contribution in [0.5, 0.6) is 0 Å². The predicted octanol–water partition coefficient (Wildman–Crippen LogP) is 1.41. The zero-order valence-corrected chi connectivity index (χ0v) is 11.6. The molecule has 7 heteroatoms. The number of halogens is 2. The third kappa shape index (κ3) is 2.76. The summed E-state index contributed by atoms with van der Waals surface area (Å²) in [6.45, 7) is 3.20. The molecule has 0 saturated heterocycles. The molecule has 0 spiro atoms. The van der Waals surface area contributed by atoms with Gasteiger partial charge in [-0.2, -0.15) is 0 Å². The van der Waals surface area contributed by atoms with Gasteiger partial charge in [0, 0.05) is 12.1 Å². The van der Waals surface area contributed by atoms with Gasteiger partial charge in [0.15, 0.2) is 0 Å². The third-order valence-corrected chi connectivity index (χ3v) is 3.31. The van der Waals surface area contributed by atoms with Crippen molar-refractivity contribution < 1.29 is 23.2 Å². The van der Waals surface area contributed by atoms with Crippen molar-refractivity contribution in [2.75, 3.05) is 11.4 Å². The van der Waals surface area contributed by atoms with Crippen LogP contribution in [-0.2, 0) is 9.59 Å². The highest BCUT2D eigenvalue weighted by molar-refractivity contribution is 6.52. The van der Waals surface area contributed by atoms with E-state index >= 15 is 0 Å². The van der Waals surface area contributed by atoms with E-state index in [1.165, 1.54) is 0 Å². The zero-order valence-electron chi connectivity index (χ0n) is 11.6. The van der Waals surface area contributed by atoms with E-state index in [4.69, 9.17) is 0 Å². The number of nitrogens with zero attached hydrogens (tertiary/aromatic N) is 1. The van der Waals surface area contributed by atoms with Gasteiger partial charge in [-0.15, -0.1) is 0 Å². The Morgan fingerprint density at radius 1 is 1.33 bits per heavy atom. The van der Waals surface area contributed by atoms with Crippen molar-refractivity contribution in [3.8, 4) is 0 Å². The van der Waals surface area contributed by atoms with Crippen LogP contribution in [0.25, 0.3) is 0 Å². The fourth-order valence-corrected chi connectivity index (χ4v) is 2.06. The molecule has 21 heavy (non-hydrogen) atoms. The third-order valence-electron chi connectivity index (χ3n) is 3.31. The fraction of sp³-hybridized carbons (Fsp3) is 0.357. The highest BCUT2D eigenvalue weighted by Gasteiger charge is 2.39. The second-order valence-corrected chi connectivity index (χ2v) is 4.88. The summed E-state index contributed by atoms with van der Waals surface area (Å²) >= 11 is 0. The number of Topliss-reactive ketones (excluding diaryl/α,β-unsaturated/α-hetero) is 1. The van der Waals surface area contributed by atoms with Crippen LogP contribution in [0, 0.1) is 11.6 Å². The van der Waals surface area contributed by atoms with Gasteiger partial charge in [0.05, 0.1) is 11.3 Å². The van der Waals surface area contributed by atoms with Crippen LogP contribution >= 0.6 is 0 Å². The topological polar surface area (TPSA) is 66.5 Å². The second-order valence-electron chi connectivity index (χ2n) is 4.88. The van der Waals surface area contributed by atoms with Gasteiger partial charge in [-0.25, -0.2) is 8.78 Å². The van der Waals surface area contributed by atoms with Gasteiger partial charge in [-0.1, -0.05) is 6.92 Å². The Balaban J connectivity index is 2.29. The molecule has 1 aromatic carbocycles. The van der Waals surface area contributed by atoms with Gasteiger partial charge in [-0.05, 0) is 19.4 Å². The van der Waals surface area contributed by atoms with Crippen molar-refractivity contribution in [2.45, 2.75) is 26.3 Å². The molecule has 112 valence electrons. The second kappa shape index (κ2) is 5.59. The molecule has 2 amide bonds. The molecule has 0 fully saturated rings. The van der Waals surface area contributed by atoms with E-state index in [1.807, 2.05) is 6.92 Å². The van der Waals surface area contributed by atoms with Crippen molar-refractivity contribution in [3.63, 3.8) is 0 Å². The Kier molecular flexibility index (Phi) is 4.02. The number of carbonyl (C=O) groups excluding carboxylic acids is 3. The Labute approximate surface area is 119 Å². The number of anilines is 1. The number of carbonyl (C=O) groups is 3. The molecular formula is C14H14F2N2O3. The van der Waals surface area contributed by atoms with E-state index in [1.54, 1.807) is 6.92 Å². The van der Waals surface area contributed by atoms with Gasteiger partial charge >= 0.3 is 0 Å². The van der Waals surface area contributed by atoms with E-state index in [0.717, 1.165) is 11.0 Å². The lowest BCUT2D eigenvalue weighted by molar-refractivity contribution is -0.122. The summed E-state index contributed by atoms with van der Waals surface area (Å²) in [4.78, 5) is 36.1. The molecule has 1 N–H and O–H groups in total. The van der Waals surface area contributed by atoms with Gasteiger partial charge in [0.1, 0.15) is 18.2 Å². The van der Waals surface area contributed by atoms with Crippen LogP contribution in [0.2, 0.25) is 0 Å². The van der Waals surface area contributed by atoms with Crippen molar-refractivity contribution in [3.05, 3.63) is 29.3 Å². The molecule has 0 aliphatic carbocycles. The molecule has 5 nitrogen and oxygen atoms in total. The number of hydrogen-bond acceptors (Lipinski definition) is 3. The van der Waals surface area contributed by atoms with Crippen LogP contribution in [-0.4, -0.2) is 30.2 Å². The zero-order chi connectivity index (χ0) is 15.7. The Hall–Kier alpha value is -2.31. The molecule has 0 saturated carbocycles. The Bertz CT molecular complexity index is 631. The first kappa shape index (κ1) is 15.1. The first-order valence-electron chi connectivity index (χ1n) is 6.49. The highest BCUT2D eigenvalue weighted by Crippen LogP contribution is 2.31. The van der Waals surface area contributed by atoms with Crippen molar-refractivity contribution in [1.29, 1.82) is 0 Å². The highest BCUT2D eigenvalue weighted by atomic mass is 19.1.